The summed E-state index contributed by atoms with van der Waals surface area (Å²) in [6.45, 7) is 1.09. The van der Waals surface area contributed by atoms with Gasteiger partial charge in [-0.3, -0.25) is 4.31 Å². The van der Waals surface area contributed by atoms with E-state index < -0.39 is 10.2 Å². The molecule has 1 aromatic rings. The largest absolute Gasteiger partial charge is 0.303 e. The maximum Gasteiger partial charge on any atom is 0.303 e. The summed E-state index contributed by atoms with van der Waals surface area (Å²) in [4.78, 5) is 0. The first-order valence-electron chi connectivity index (χ1n) is 6.40. The molecular weight excluding hydrogens is 284 g/mol. The summed E-state index contributed by atoms with van der Waals surface area (Å²) in [5, 5.41) is 0. The molecule has 2 rings (SSSR count). The fourth-order valence-electron chi connectivity index (χ4n) is 2.31. The van der Waals surface area contributed by atoms with Crippen molar-refractivity contribution in [3.05, 3.63) is 30.3 Å². The van der Waals surface area contributed by atoms with Crippen LogP contribution in [0.25, 0.3) is 0 Å². The minimum atomic E-state index is -3.45. The second kappa shape index (κ2) is 6.11. The lowest BCUT2D eigenvalue weighted by molar-refractivity contribution is 0.283. The third-order valence-corrected chi connectivity index (χ3v) is 5.82. The van der Waals surface area contributed by atoms with Gasteiger partial charge in [-0.1, -0.05) is 18.2 Å². The van der Waals surface area contributed by atoms with Crippen LogP contribution in [0.2, 0.25) is 0 Å². The predicted molar refractivity (Wildman–Crippen MR) is 78.8 cm³/mol. The van der Waals surface area contributed by atoms with Gasteiger partial charge in [0.1, 0.15) is 0 Å². The summed E-state index contributed by atoms with van der Waals surface area (Å²) in [6.07, 6.45) is 1.88. The standard InChI is InChI=1S/C13H19ClN2O2S/c1-15(13-7-3-2-4-8-13)19(17,18)16-9-5-6-12(10-14)11-16/h2-4,7-8,12H,5-6,9-11H2,1H3. The number of nitrogens with zero attached hydrogens (tertiary/aromatic N) is 2. The number of hydrogen-bond donors (Lipinski definition) is 0. The van der Waals surface area contributed by atoms with Gasteiger partial charge in [0, 0.05) is 26.0 Å². The lowest BCUT2D eigenvalue weighted by Crippen LogP contribution is -2.47. The van der Waals surface area contributed by atoms with Crippen molar-refractivity contribution < 1.29 is 8.42 Å². The smallest absolute Gasteiger partial charge is 0.261 e. The molecule has 1 aliphatic rings. The molecule has 0 aromatic heterocycles. The summed E-state index contributed by atoms with van der Waals surface area (Å²) in [7, 11) is -1.86. The molecule has 4 nitrogen and oxygen atoms in total. The summed E-state index contributed by atoms with van der Waals surface area (Å²) in [5.74, 6) is 0.774. The molecule has 1 heterocycles. The highest BCUT2D eigenvalue weighted by atomic mass is 35.5. The minimum absolute atomic E-state index is 0.259. The van der Waals surface area contributed by atoms with Crippen LogP contribution < -0.4 is 4.31 Å². The molecule has 0 aliphatic carbocycles. The molecule has 1 unspecified atom stereocenters. The van der Waals surface area contributed by atoms with E-state index in [1.165, 1.54) is 8.61 Å². The van der Waals surface area contributed by atoms with Gasteiger partial charge in [0.2, 0.25) is 0 Å². The average molecular weight is 303 g/mol. The number of benzene rings is 1. The number of anilines is 1. The van der Waals surface area contributed by atoms with Gasteiger partial charge >= 0.3 is 10.2 Å². The SMILES string of the molecule is CN(c1ccccc1)S(=O)(=O)N1CCCC(CCl)C1. The lowest BCUT2D eigenvalue weighted by atomic mass is 10.0. The van der Waals surface area contributed by atoms with Crippen molar-refractivity contribution in [2.45, 2.75) is 12.8 Å². The van der Waals surface area contributed by atoms with Gasteiger partial charge < -0.3 is 0 Å². The zero-order valence-electron chi connectivity index (χ0n) is 11.0. The first kappa shape index (κ1) is 14.6. The summed E-state index contributed by atoms with van der Waals surface area (Å²) < 4.78 is 28.0. The quantitative estimate of drug-likeness (QED) is 0.801. The minimum Gasteiger partial charge on any atom is -0.261 e. The summed E-state index contributed by atoms with van der Waals surface area (Å²) >= 11 is 5.86. The normalized spacial score (nSPS) is 21.3. The lowest BCUT2D eigenvalue weighted by Gasteiger charge is -2.34. The van der Waals surface area contributed by atoms with Crippen LogP contribution >= 0.6 is 11.6 Å². The Balaban J connectivity index is 2.18. The Morgan fingerprint density at radius 3 is 2.68 bits per heavy atom. The highest BCUT2D eigenvalue weighted by Crippen LogP contribution is 2.24. The van der Waals surface area contributed by atoms with Crippen LogP contribution in [0.3, 0.4) is 0 Å². The molecule has 0 amide bonds. The molecule has 106 valence electrons. The Hall–Kier alpha value is -0.780. The zero-order chi connectivity index (χ0) is 13.9. The van der Waals surface area contributed by atoms with Crippen molar-refractivity contribution in [3.8, 4) is 0 Å². The number of halogens is 1. The number of alkyl halides is 1. The van der Waals surface area contributed by atoms with Crippen molar-refractivity contribution in [1.29, 1.82) is 0 Å². The van der Waals surface area contributed by atoms with E-state index in [4.69, 9.17) is 11.6 Å². The second-order valence-electron chi connectivity index (χ2n) is 4.83. The third-order valence-electron chi connectivity index (χ3n) is 3.49. The zero-order valence-corrected chi connectivity index (χ0v) is 12.6. The maximum absolute atomic E-state index is 12.6. The number of rotatable bonds is 4. The van der Waals surface area contributed by atoms with Crippen LogP contribution in [0.4, 0.5) is 5.69 Å². The van der Waals surface area contributed by atoms with E-state index in [1.807, 2.05) is 18.2 Å². The first-order chi connectivity index (χ1) is 9.05. The summed E-state index contributed by atoms with van der Waals surface area (Å²) in [5.41, 5.74) is 0.676. The Labute approximate surface area is 120 Å². The second-order valence-corrected chi connectivity index (χ2v) is 7.10. The fourth-order valence-corrected chi connectivity index (χ4v) is 4.05. The van der Waals surface area contributed by atoms with Crippen LogP contribution in [0.15, 0.2) is 30.3 Å². The molecule has 1 saturated heterocycles. The van der Waals surface area contributed by atoms with Gasteiger partial charge in [0.15, 0.2) is 0 Å². The van der Waals surface area contributed by atoms with Gasteiger partial charge in [-0.05, 0) is 30.9 Å². The highest BCUT2D eigenvalue weighted by Gasteiger charge is 2.31. The monoisotopic (exact) mass is 302 g/mol. The first-order valence-corrected chi connectivity index (χ1v) is 8.34. The molecule has 1 fully saturated rings. The van der Waals surface area contributed by atoms with Crippen LogP contribution in [-0.4, -0.2) is 38.7 Å². The Kier molecular flexibility index (Phi) is 4.71. The van der Waals surface area contributed by atoms with Gasteiger partial charge in [-0.25, -0.2) is 0 Å². The highest BCUT2D eigenvalue weighted by molar-refractivity contribution is 7.90. The van der Waals surface area contributed by atoms with Gasteiger partial charge in [-0.15, -0.1) is 11.6 Å². The van der Waals surface area contributed by atoms with E-state index in [0.29, 0.717) is 24.7 Å². The van der Waals surface area contributed by atoms with E-state index >= 15 is 0 Å². The molecule has 0 radical (unpaired) electrons. The average Bonchev–Trinajstić information content (AvgIpc) is 2.47. The van der Waals surface area contributed by atoms with Gasteiger partial charge in [-0.2, -0.15) is 12.7 Å². The molecule has 1 aliphatic heterocycles. The topological polar surface area (TPSA) is 40.6 Å². The van der Waals surface area contributed by atoms with E-state index in [-0.39, 0.29) is 5.92 Å². The van der Waals surface area contributed by atoms with Crippen LogP contribution in [0.1, 0.15) is 12.8 Å². The molecule has 1 atom stereocenters. The summed E-state index contributed by atoms with van der Waals surface area (Å²) in [6, 6.07) is 9.12. The van der Waals surface area contributed by atoms with Crippen LogP contribution in [0.5, 0.6) is 0 Å². The van der Waals surface area contributed by atoms with Crippen molar-refractivity contribution >= 4 is 27.5 Å². The van der Waals surface area contributed by atoms with Crippen molar-refractivity contribution in [3.63, 3.8) is 0 Å². The molecule has 19 heavy (non-hydrogen) atoms. The van der Waals surface area contributed by atoms with Crippen molar-refractivity contribution in [2.75, 3.05) is 30.3 Å². The van der Waals surface area contributed by atoms with E-state index in [1.54, 1.807) is 19.2 Å². The van der Waals surface area contributed by atoms with E-state index in [9.17, 15) is 8.42 Å². The van der Waals surface area contributed by atoms with Crippen LogP contribution in [0, 0.1) is 5.92 Å². The number of para-hydroxylation sites is 1. The Morgan fingerprint density at radius 1 is 1.37 bits per heavy atom. The van der Waals surface area contributed by atoms with E-state index in [2.05, 4.69) is 0 Å². The molecule has 1 aromatic carbocycles. The molecule has 6 heteroatoms. The molecule has 0 bridgehead atoms. The Bertz CT molecular complexity index is 507. The maximum atomic E-state index is 12.6. The van der Waals surface area contributed by atoms with Gasteiger partial charge in [0.25, 0.3) is 0 Å². The molecule has 0 N–H and O–H groups in total. The Morgan fingerprint density at radius 2 is 2.05 bits per heavy atom. The molecule has 0 saturated carbocycles. The van der Waals surface area contributed by atoms with Crippen LogP contribution in [-0.2, 0) is 10.2 Å². The van der Waals surface area contributed by atoms with Crippen molar-refractivity contribution in [2.24, 2.45) is 5.92 Å². The van der Waals surface area contributed by atoms with E-state index in [0.717, 1.165) is 12.8 Å². The molecule has 0 spiro atoms. The molecular formula is C13H19ClN2O2S. The number of piperidine rings is 1. The van der Waals surface area contributed by atoms with Crippen molar-refractivity contribution in [1.82, 2.24) is 4.31 Å². The number of hydrogen-bond acceptors (Lipinski definition) is 2. The third kappa shape index (κ3) is 3.22. The predicted octanol–water partition coefficient (Wildman–Crippen LogP) is 2.32. The van der Waals surface area contributed by atoms with Gasteiger partial charge in [0.05, 0.1) is 5.69 Å². The fraction of sp³-hybridized carbons (Fsp3) is 0.538.